The predicted molar refractivity (Wildman–Crippen MR) is 73.2 cm³/mol. The molecule has 0 saturated heterocycles. The van der Waals surface area contributed by atoms with E-state index in [0.29, 0.717) is 17.7 Å². The van der Waals surface area contributed by atoms with Crippen LogP contribution in [0.2, 0.25) is 0 Å². The Balaban J connectivity index is 2.01. The fraction of sp³-hybridized carbons (Fsp3) is 0.417. The molecule has 0 radical (unpaired) electrons. The minimum atomic E-state index is -0.349. The molecular formula is C12H18N6O. The van der Waals surface area contributed by atoms with Crippen LogP contribution < -0.4 is 10.6 Å². The van der Waals surface area contributed by atoms with Crippen molar-refractivity contribution < 1.29 is 4.79 Å². The summed E-state index contributed by atoms with van der Waals surface area (Å²) in [6, 6.07) is 3.48. The van der Waals surface area contributed by atoms with E-state index in [1.807, 2.05) is 17.7 Å². The van der Waals surface area contributed by atoms with Crippen LogP contribution in [0.3, 0.4) is 0 Å². The molecule has 3 N–H and O–H groups in total. The molecule has 0 spiro atoms. The lowest BCUT2D eigenvalue weighted by atomic mass is 10.2. The van der Waals surface area contributed by atoms with Crippen molar-refractivity contribution in [2.75, 3.05) is 10.6 Å². The first-order chi connectivity index (χ1) is 9.10. The van der Waals surface area contributed by atoms with Crippen LogP contribution in [-0.4, -0.2) is 26.0 Å². The van der Waals surface area contributed by atoms with Gasteiger partial charge in [0.05, 0.1) is 6.20 Å². The lowest BCUT2D eigenvalue weighted by molar-refractivity contribution is 0.262. The largest absolute Gasteiger partial charge is 0.326 e. The maximum atomic E-state index is 11.7. The maximum absolute atomic E-state index is 11.7. The summed E-state index contributed by atoms with van der Waals surface area (Å²) in [7, 11) is 0. The number of hydrogen-bond donors (Lipinski definition) is 3. The third-order valence-corrected chi connectivity index (χ3v) is 2.92. The van der Waals surface area contributed by atoms with Crippen LogP contribution >= 0.6 is 0 Å². The molecule has 7 heteroatoms. The van der Waals surface area contributed by atoms with Crippen LogP contribution in [0.25, 0.3) is 0 Å². The van der Waals surface area contributed by atoms with E-state index in [9.17, 15) is 4.79 Å². The Morgan fingerprint density at radius 1 is 1.53 bits per heavy atom. The molecule has 0 unspecified atom stereocenters. The van der Waals surface area contributed by atoms with Gasteiger partial charge in [0.1, 0.15) is 5.82 Å². The summed E-state index contributed by atoms with van der Waals surface area (Å²) in [5.41, 5.74) is 1.02. The number of nitrogens with one attached hydrogen (secondary N) is 3. The van der Waals surface area contributed by atoms with Gasteiger partial charge in [-0.25, -0.2) is 4.79 Å². The van der Waals surface area contributed by atoms with Crippen molar-refractivity contribution in [1.82, 2.24) is 20.0 Å². The molecule has 0 aliphatic heterocycles. The molecule has 2 aromatic heterocycles. The van der Waals surface area contributed by atoms with Crippen molar-refractivity contribution in [1.29, 1.82) is 0 Å². The van der Waals surface area contributed by atoms with Gasteiger partial charge in [-0.2, -0.15) is 10.2 Å². The molecule has 0 aromatic carbocycles. The molecule has 0 aliphatic rings. The van der Waals surface area contributed by atoms with Gasteiger partial charge >= 0.3 is 6.03 Å². The van der Waals surface area contributed by atoms with Crippen LogP contribution in [0.5, 0.6) is 0 Å². The SMILES string of the molecule is CC[C@@H](C)n1nc(NC(=O)Nc2ccn[nH]2)cc1C. The third-order valence-electron chi connectivity index (χ3n) is 2.92. The number of anilines is 2. The van der Waals surface area contributed by atoms with Crippen molar-refractivity contribution in [2.24, 2.45) is 0 Å². The topological polar surface area (TPSA) is 87.6 Å². The van der Waals surface area contributed by atoms with E-state index >= 15 is 0 Å². The van der Waals surface area contributed by atoms with E-state index < -0.39 is 0 Å². The first-order valence-electron chi connectivity index (χ1n) is 6.23. The Morgan fingerprint density at radius 2 is 2.32 bits per heavy atom. The Kier molecular flexibility index (Phi) is 3.84. The first-order valence-corrected chi connectivity index (χ1v) is 6.23. The van der Waals surface area contributed by atoms with Gasteiger partial charge in [0.25, 0.3) is 0 Å². The van der Waals surface area contributed by atoms with E-state index in [1.54, 1.807) is 12.3 Å². The minimum Gasteiger partial charge on any atom is -0.292 e. The second-order valence-electron chi connectivity index (χ2n) is 4.42. The quantitative estimate of drug-likeness (QED) is 0.791. The molecule has 0 bridgehead atoms. The summed E-state index contributed by atoms with van der Waals surface area (Å²) in [6.45, 7) is 6.16. The minimum absolute atomic E-state index is 0.311. The second-order valence-corrected chi connectivity index (χ2v) is 4.42. The van der Waals surface area contributed by atoms with Gasteiger partial charge in [0.15, 0.2) is 5.82 Å². The lowest BCUT2D eigenvalue weighted by Gasteiger charge is -2.10. The molecule has 2 heterocycles. The van der Waals surface area contributed by atoms with Gasteiger partial charge in [-0.1, -0.05) is 6.92 Å². The van der Waals surface area contributed by atoms with E-state index in [2.05, 4.69) is 39.8 Å². The van der Waals surface area contributed by atoms with Crippen LogP contribution in [0.4, 0.5) is 16.4 Å². The van der Waals surface area contributed by atoms with Gasteiger partial charge in [0.2, 0.25) is 0 Å². The van der Waals surface area contributed by atoms with Crippen LogP contribution in [-0.2, 0) is 0 Å². The smallest absolute Gasteiger partial charge is 0.292 e. The number of carbonyl (C=O) groups is 1. The van der Waals surface area contributed by atoms with Gasteiger partial charge in [-0.15, -0.1) is 0 Å². The molecule has 1 atom stereocenters. The average molecular weight is 262 g/mol. The van der Waals surface area contributed by atoms with Crippen molar-refractivity contribution in [3.63, 3.8) is 0 Å². The molecule has 0 saturated carbocycles. The van der Waals surface area contributed by atoms with E-state index in [4.69, 9.17) is 0 Å². The summed E-state index contributed by atoms with van der Waals surface area (Å²) in [5, 5.41) is 16.1. The Labute approximate surface area is 111 Å². The van der Waals surface area contributed by atoms with Crippen molar-refractivity contribution in [3.05, 3.63) is 24.0 Å². The average Bonchev–Trinajstić information content (AvgIpc) is 2.98. The number of H-pyrrole nitrogens is 1. The zero-order chi connectivity index (χ0) is 13.8. The van der Waals surface area contributed by atoms with E-state index in [1.165, 1.54) is 0 Å². The normalized spacial score (nSPS) is 12.2. The van der Waals surface area contributed by atoms with Gasteiger partial charge in [0, 0.05) is 23.9 Å². The van der Waals surface area contributed by atoms with Gasteiger partial charge in [-0.3, -0.25) is 20.4 Å². The highest BCUT2D eigenvalue weighted by molar-refractivity contribution is 5.98. The Hall–Kier alpha value is -2.31. The second kappa shape index (κ2) is 5.55. The summed E-state index contributed by atoms with van der Waals surface area (Å²) in [6.07, 6.45) is 2.56. The Bertz CT molecular complexity index is 545. The molecule has 0 fully saturated rings. The highest BCUT2D eigenvalue weighted by atomic mass is 16.2. The number of urea groups is 1. The third kappa shape index (κ3) is 3.12. The van der Waals surface area contributed by atoms with Crippen molar-refractivity contribution >= 4 is 17.7 Å². The molecule has 19 heavy (non-hydrogen) atoms. The fourth-order valence-electron chi connectivity index (χ4n) is 1.76. The number of rotatable bonds is 4. The molecular weight excluding hydrogens is 244 g/mol. The van der Waals surface area contributed by atoms with E-state index in [0.717, 1.165) is 12.1 Å². The summed E-state index contributed by atoms with van der Waals surface area (Å²) in [4.78, 5) is 11.7. The standard InChI is InChI=1S/C12H18N6O/c1-4-8(2)18-9(3)7-11(17-18)15-12(19)14-10-5-6-13-16-10/h5-8H,4H2,1-3H3,(H3,13,14,15,16,17,19)/t8-/m1/s1. The first kappa shape index (κ1) is 13.1. The van der Waals surface area contributed by atoms with Gasteiger partial charge < -0.3 is 0 Å². The molecule has 2 amide bonds. The predicted octanol–water partition coefficient (Wildman–Crippen LogP) is 2.53. The van der Waals surface area contributed by atoms with Crippen LogP contribution in [0.15, 0.2) is 18.3 Å². The zero-order valence-corrected chi connectivity index (χ0v) is 11.3. The number of aromatic amines is 1. The summed E-state index contributed by atoms with van der Waals surface area (Å²) in [5.74, 6) is 1.07. The highest BCUT2D eigenvalue weighted by Gasteiger charge is 2.11. The van der Waals surface area contributed by atoms with Crippen LogP contribution in [0.1, 0.15) is 32.0 Å². The molecule has 2 aromatic rings. The Morgan fingerprint density at radius 3 is 2.95 bits per heavy atom. The molecule has 2 rings (SSSR count). The monoisotopic (exact) mass is 262 g/mol. The summed E-state index contributed by atoms with van der Waals surface area (Å²) < 4.78 is 1.91. The maximum Gasteiger partial charge on any atom is 0.326 e. The van der Waals surface area contributed by atoms with Crippen molar-refractivity contribution in [3.8, 4) is 0 Å². The fourth-order valence-corrected chi connectivity index (χ4v) is 1.76. The molecule has 7 nitrogen and oxygen atoms in total. The lowest BCUT2D eigenvalue weighted by Crippen LogP contribution is -2.20. The zero-order valence-electron chi connectivity index (χ0n) is 11.3. The molecule has 102 valence electrons. The van der Waals surface area contributed by atoms with Crippen LogP contribution in [0, 0.1) is 6.92 Å². The van der Waals surface area contributed by atoms with Crippen molar-refractivity contribution in [2.45, 2.75) is 33.2 Å². The number of aryl methyl sites for hydroxylation is 1. The van der Waals surface area contributed by atoms with E-state index in [-0.39, 0.29) is 6.03 Å². The number of nitrogens with zero attached hydrogens (tertiary/aromatic N) is 3. The highest BCUT2D eigenvalue weighted by Crippen LogP contribution is 2.16. The number of amides is 2. The van der Waals surface area contributed by atoms with Gasteiger partial charge in [-0.05, 0) is 20.3 Å². The molecule has 0 aliphatic carbocycles. The number of aromatic nitrogens is 4. The summed E-state index contributed by atoms with van der Waals surface area (Å²) >= 11 is 0. The number of carbonyl (C=O) groups excluding carboxylic acids is 1. The number of hydrogen-bond acceptors (Lipinski definition) is 3.